The van der Waals surface area contributed by atoms with Gasteiger partial charge in [-0.25, -0.2) is 0 Å². The lowest BCUT2D eigenvalue weighted by molar-refractivity contribution is 0.0599. The van der Waals surface area contributed by atoms with Gasteiger partial charge in [-0.05, 0) is 51.9 Å². The summed E-state index contributed by atoms with van der Waals surface area (Å²) in [5.41, 5.74) is 2.10. The van der Waals surface area contributed by atoms with E-state index in [-0.39, 0.29) is 11.7 Å². The van der Waals surface area contributed by atoms with Gasteiger partial charge in [0.15, 0.2) is 5.69 Å². The van der Waals surface area contributed by atoms with Gasteiger partial charge < -0.3 is 39.0 Å². The molecule has 2 aromatic rings. The molecule has 2 saturated heterocycles. The van der Waals surface area contributed by atoms with Crippen LogP contribution in [0, 0.1) is 0 Å². The SMILES string of the molecule is CC1COCCN1c1nc(C(=O)Nc2cc(CN(C)CCC(C)(C)O)c(C=O)cc2N2CCOCC2)co1. The molecule has 38 heavy (non-hydrogen) atoms. The van der Waals surface area contributed by atoms with Crippen LogP contribution in [0.2, 0.25) is 0 Å². The van der Waals surface area contributed by atoms with Gasteiger partial charge in [-0.2, -0.15) is 4.98 Å². The lowest BCUT2D eigenvalue weighted by Crippen LogP contribution is -2.43. The van der Waals surface area contributed by atoms with Crippen molar-refractivity contribution in [3.05, 3.63) is 35.2 Å². The van der Waals surface area contributed by atoms with Crippen LogP contribution in [0.5, 0.6) is 0 Å². The van der Waals surface area contributed by atoms with Crippen molar-refractivity contribution in [3.63, 3.8) is 0 Å². The van der Waals surface area contributed by atoms with Crippen LogP contribution in [-0.4, -0.2) is 98.5 Å². The minimum absolute atomic E-state index is 0.0954. The molecule has 0 bridgehead atoms. The molecule has 0 spiro atoms. The number of aliphatic hydroxyl groups is 1. The summed E-state index contributed by atoms with van der Waals surface area (Å²) in [6, 6.07) is 4.18. The number of rotatable bonds is 10. The fraction of sp³-hybridized carbons (Fsp3) is 0.593. The highest BCUT2D eigenvalue weighted by Crippen LogP contribution is 2.32. The molecule has 208 valence electrons. The van der Waals surface area contributed by atoms with Crippen LogP contribution in [0.3, 0.4) is 0 Å². The number of nitrogens with one attached hydrogen (secondary N) is 1. The predicted octanol–water partition coefficient (Wildman–Crippen LogP) is 2.39. The molecule has 1 aromatic carbocycles. The Kier molecular flexibility index (Phi) is 9.03. The second kappa shape index (κ2) is 12.2. The third-order valence-corrected chi connectivity index (χ3v) is 6.87. The van der Waals surface area contributed by atoms with E-state index in [1.165, 1.54) is 6.26 Å². The van der Waals surface area contributed by atoms with Crippen molar-refractivity contribution in [3.8, 4) is 0 Å². The summed E-state index contributed by atoms with van der Waals surface area (Å²) >= 11 is 0. The Morgan fingerprint density at radius 2 is 1.97 bits per heavy atom. The highest BCUT2D eigenvalue weighted by Gasteiger charge is 2.26. The Hall–Kier alpha value is -2.99. The van der Waals surface area contributed by atoms with Gasteiger partial charge in [-0.3, -0.25) is 9.59 Å². The van der Waals surface area contributed by atoms with E-state index in [0.29, 0.717) is 82.8 Å². The zero-order chi connectivity index (χ0) is 27.3. The van der Waals surface area contributed by atoms with Gasteiger partial charge in [-0.1, -0.05) is 0 Å². The van der Waals surface area contributed by atoms with E-state index in [9.17, 15) is 14.7 Å². The number of anilines is 3. The highest BCUT2D eigenvalue weighted by atomic mass is 16.5. The van der Waals surface area contributed by atoms with E-state index in [2.05, 4.69) is 15.2 Å². The van der Waals surface area contributed by atoms with Gasteiger partial charge in [0.05, 0.1) is 49.4 Å². The fourth-order valence-corrected chi connectivity index (χ4v) is 4.59. The van der Waals surface area contributed by atoms with Crippen molar-refractivity contribution < 1.29 is 28.6 Å². The Morgan fingerprint density at radius 3 is 2.66 bits per heavy atom. The summed E-state index contributed by atoms with van der Waals surface area (Å²) in [6.45, 7) is 10.9. The first-order valence-electron chi connectivity index (χ1n) is 13.1. The van der Waals surface area contributed by atoms with E-state index in [1.54, 1.807) is 13.8 Å². The van der Waals surface area contributed by atoms with Crippen LogP contribution in [0.4, 0.5) is 17.4 Å². The lowest BCUT2D eigenvalue weighted by atomic mass is 10.0. The average molecular weight is 530 g/mol. The first-order chi connectivity index (χ1) is 18.1. The maximum Gasteiger partial charge on any atom is 0.298 e. The molecule has 1 atom stereocenters. The molecule has 1 amide bonds. The minimum atomic E-state index is -0.781. The van der Waals surface area contributed by atoms with Crippen LogP contribution in [0.15, 0.2) is 22.8 Å². The van der Waals surface area contributed by atoms with Gasteiger partial charge in [0.2, 0.25) is 0 Å². The van der Waals surface area contributed by atoms with E-state index in [4.69, 9.17) is 13.9 Å². The molecular formula is C27H39N5O6. The average Bonchev–Trinajstić information content (AvgIpc) is 3.38. The van der Waals surface area contributed by atoms with Crippen LogP contribution in [0.25, 0.3) is 0 Å². The van der Waals surface area contributed by atoms with Crippen molar-refractivity contribution in [2.45, 2.75) is 45.4 Å². The molecule has 2 fully saturated rings. The van der Waals surface area contributed by atoms with Gasteiger partial charge >= 0.3 is 0 Å². The first-order valence-corrected chi connectivity index (χ1v) is 13.1. The summed E-state index contributed by atoms with van der Waals surface area (Å²) in [5, 5.41) is 13.1. The number of carbonyl (C=O) groups excluding carboxylic acids is 2. The summed E-state index contributed by atoms with van der Waals surface area (Å²) < 4.78 is 16.6. The number of benzene rings is 1. The number of hydrogen-bond acceptors (Lipinski definition) is 10. The molecule has 2 N–H and O–H groups in total. The Balaban J connectivity index is 1.58. The van der Waals surface area contributed by atoms with Crippen LogP contribution >= 0.6 is 0 Å². The number of ether oxygens (including phenoxy) is 2. The third-order valence-electron chi connectivity index (χ3n) is 6.87. The molecule has 2 aliphatic rings. The monoisotopic (exact) mass is 529 g/mol. The van der Waals surface area contributed by atoms with E-state index in [0.717, 1.165) is 17.5 Å². The smallest absolute Gasteiger partial charge is 0.298 e. The summed E-state index contributed by atoms with van der Waals surface area (Å²) in [5.74, 6) is -0.393. The van der Waals surface area contributed by atoms with E-state index < -0.39 is 11.5 Å². The molecule has 11 nitrogen and oxygen atoms in total. The number of amides is 1. The number of oxazole rings is 1. The normalized spacial score (nSPS) is 18.6. The number of nitrogens with zero attached hydrogens (tertiary/aromatic N) is 4. The van der Waals surface area contributed by atoms with Crippen molar-refractivity contribution in [1.29, 1.82) is 0 Å². The molecule has 3 heterocycles. The molecule has 2 aliphatic heterocycles. The second-order valence-electron chi connectivity index (χ2n) is 10.7. The van der Waals surface area contributed by atoms with Crippen molar-refractivity contribution in [1.82, 2.24) is 9.88 Å². The Morgan fingerprint density at radius 1 is 1.24 bits per heavy atom. The second-order valence-corrected chi connectivity index (χ2v) is 10.7. The number of morpholine rings is 2. The molecule has 0 radical (unpaired) electrons. The molecule has 0 aliphatic carbocycles. The van der Waals surface area contributed by atoms with Gasteiger partial charge in [0.25, 0.3) is 11.9 Å². The highest BCUT2D eigenvalue weighted by molar-refractivity contribution is 6.05. The molecule has 4 rings (SSSR count). The Bertz CT molecular complexity index is 1110. The number of carbonyl (C=O) groups is 2. The predicted molar refractivity (Wildman–Crippen MR) is 144 cm³/mol. The van der Waals surface area contributed by atoms with Gasteiger partial charge in [-0.15, -0.1) is 0 Å². The van der Waals surface area contributed by atoms with E-state index >= 15 is 0 Å². The largest absolute Gasteiger partial charge is 0.431 e. The number of hydrogen-bond donors (Lipinski definition) is 2. The molecule has 11 heteroatoms. The minimum Gasteiger partial charge on any atom is -0.431 e. The van der Waals surface area contributed by atoms with Crippen molar-refractivity contribution in [2.75, 3.05) is 74.8 Å². The van der Waals surface area contributed by atoms with Crippen LogP contribution < -0.4 is 15.1 Å². The lowest BCUT2D eigenvalue weighted by Gasteiger charge is -2.32. The maximum absolute atomic E-state index is 13.3. The quantitative estimate of drug-likeness (QED) is 0.444. The first kappa shape index (κ1) is 28.0. The zero-order valence-electron chi connectivity index (χ0n) is 22.7. The molecule has 1 unspecified atom stereocenters. The molecular weight excluding hydrogens is 490 g/mol. The topological polar surface area (TPSA) is 121 Å². The molecule has 1 aromatic heterocycles. The zero-order valence-corrected chi connectivity index (χ0v) is 22.7. The summed E-state index contributed by atoms with van der Waals surface area (Å²) in [7, 11) is 1.94. The molecule has 0 saturated carbocycles. The van der Waals surface area contributed by atoms with Crippen LogP contribution in [-0.2, 0) is 16.0 Å². The number of aldehydes is 1. The standard InChI is InChI=1S/C27H39N5O6/c1-19-17-37-12-9-32(19)26-29-23(18-38-26)25(34)28-22-13-20(15-30(4)6-5-27(2,3)35)21(16-33)14-24(22)31-7-10-36-11-8-31/h13-14,16,18-19,35H,5-12,15,17H2,1-4H3,(H,28,34). The summed E-state index contributed by atoms with van der Waals surface area (Å²) in [4.78, 5) is 36.0. The summed E-state index contributed by atoms with van der Waals surface area (Å²) in [6.07, 6.45) is 2.81. The third kappa shape index (κ3) is 7.10. The number of aromatic nitrogens is 1. The maximum atomic E-state index is 13.3. The van der Waals surface area contributed by atoms with Crippen molar-refractivity contribution in [2.24, 2.45) is 0 Å². The van der Waals surface area contributed by atoms with Gasteiger partial charge in [0.1, 0.15) is 12.5 Å². The fourth-order valence-electron chi connectivity index (χ4n) is 4.59. The van der Waals surface area contributed by atoms with Gasteiger partial charge in [0, 0.05) is 38.3 Å². The Labute approximate surface area is 223 Å². The van der Waals surface area contributed by atoms with Crippen molar-refractivity contribution >= 4 is 29.6 Å². The van der Waals surface area contributed by atoms with Crippen LogP contribution in [0.1, 0.15) is 53.6 Å². The van der Waals surface area contributed by atoms with E-state index in [1.807, 2.05) is 35.9 Å².